The van der Waals surface area contributed by atoms with E-state index >= 15 is 0 Å². The highest BCUT2D eigenvalue weighted by atomic mass is 35.5. The fourth-order valence-electron chi connectivity index (χ4n) is 1.32. The van der Waals surface area contributed by atoms with E-state index in [1.165, 1.54) is 19.2 Å². The summed E-state index contributed by atoms with van der Waals surface area (Å²) in [5, 5.41) is 0. The Hall–Kier alpha value is -0.780. The van der Waals surface area contributed by atoms with Crippen LogP contribution >= 0.6 is 11.6 Å². The number of hydrogen-bond acceptors (Lipinski definition) is 3. The maximum atomic E-state index is 11.1. The molecule has 0 aliphatic heterocycles. The summed E-state index contributed by atoms with van der Waals surface area (Å²) in [6.45, 7) is 0. The molecule has 1 rings (SSSR count). The summed E-state index contributed by atoms with van der Waals surface area (Å²) in [5.74, 6) is 0.661. The summed E-state index contributed by atoms with van der Waals surface area (Å²) < 4.78 is 36.1. The van der Waals surface area contributed by atoms with Gasteiger partial charge in [-0.25, -0.2) is 0 Å². The van der Waals surface area contributed by atoms with Crippen molar-refractivity contribution < 1.29 is 17.7 Å². The average Bonchev–Trinajstić information content (AvgIpc) is 2.17. The molecule has 0 amide bonds. The van der Waals surface area contributed by atoms with Crippen LogP contribution in [0.4, 0.5) is 0 Å². The SMILES string of the molecule is COc1cccc(S(=O)(=O)O)c1CCCl. The summed E-state index contributed by atoms with van der Waals surface area (Å²) in [6, 6.07) is 4.44. The number of halogens is 1. The minimum Gasteiger partial charge on any atom is -0.496 e. The lowest BCUT2D eigenvalue weighted by Crippen LogP contribution is -2.05. The van der Waals surface area contributed by atoms with Crippen molar-refractivity contribution in [3.8, 4) is 5.75 Å². The number of methoxy groups -OCH3 is 1. The van der Waals surface area contributed by atoms with Gasteiger partial charge in [-0.3, -0.25) is 4.55 Å². The van der Waals surface area contributed by atoms with Crippen LogP contribution in [0.3, 0.4) is 0 Å². The third kappa shape index (κ3) is 2.84. The van der Waals surface area contributed by atoms with Gasteiger partial charge in [0.05, 0.1) is 7.11 Å². The maximum Gasteiger partial charge on any atom is 0.294 e. The van der Waals surface area contributed by atoms with E-state index in [2.05, 4.69) is 0 Å². The molecular formula is C9H11ClO4S. The number of ether oxygens (including phenoxy) is 1. The lowest BCUT2D eigenvalue weighted by molar-refractivity contribution is 0.407. The second-order valence-corrected chi connectivity index (χ2v) is 4.62. The van der Waals surface area contributed by atoms with Crippen molar-refractivity contribution in [2.45, 2.75) is 11.3 Å². The molecule has 0 heterocycles. The van der Waals surface area contributed by atoms with E-state index < -0.39 is 10.1 Å². The van der Waals surface area contributed by atoms with Gasteiger partial charge in [0, 0.05) is 11.4 Å². The topological polar surface area (TPSA) is 63.6 Å². The van der Waals surface area contributed by atoms with Gasteiger partial charge in [-0.2, -0.15) is 8.42 Å². The first kappa shape index (κ1) is 12.3. The Kier molecular flexibility index (Phi) is 3.96. The summed E-state index contributed by atoms with van der Waals surface area (Å²) in [6.07, 6.45) is 0.320. The Morgan fingerprint density at radius 2 is 2.13 bits per heavy atom. The zero-order valence-electron chi connectivity index (χ0n) is 8.10. The van der Waals surface area contributed by atoms with Gasteiger partial charge in [0.2, 0.25) is 0 Å². The largest absolute Gasteiger partial charge is 0.496 e. The molecule has 15 heavy (non-hydrogen) atoms. The Labute approximate surface area is 93.6 Å². The minimum atomic E-state index is -4.23. The van der Waals surface area contributed by atoms with E-state index in [0.717, 1.165) is 0 Å². The van der Waals surface area contributed by atoms with Gasteiger partial charge in [0.15, 0.2) is 0 Å². The smallest absolute Gasteiger partial charge is 0.294 e. The van der Waals surface area contributed by atoms with Gasteiger partial charge in [-0.05, 0) is 18.6 Å². The molecule has 0 spiro atoms. The number of benzene rings is 1. The molecule has 6 heteroatoms. The van der Waals surface area contributed by atoms with Crippen LogP contribution in [0, 0.1) is 0 Å². The molecule has 4 nitrogen and oxygen atoms in total. The van der Waals surface area contributed by atoms with Gasteiger partial charge in [-0.15, -0.1) is 11.6 Å². The zero-order chi connectivity index (χ0) is 11.5. The monoisotopic (exact) mass is 250 g/mol. The number of hydrogen-bond donors (Lipinski definition) is 1. The fourth-order valence-corrected chi connectivity index (χ4v) is 2.27. The predicted molar refractivity (Wildman–Crippen MR) is 57.2 cm³/mol. The second kappa shape index (κ2) is 4.83. The molecule has 0 aromatic heterocycles. The van der Waals surface area contributed by atoms with Crippen LogP contribution in [0.2, 0.25) is 0 Å². The summed E-state index contributed by atoms with van der Waals surface area (Å²) >= 11 is 5.56. The Morgan fingerprint density at radius 1 is 1.47 bits per heavy atom. The summed E-state index contributed by atoms with van der Waals surface area (Å²) in [7, 11) is -2.80. The molecule has 0 bridgehead atoms. The molecule has 84 valence electrons. The van der Waals surface area contributed by atoms with Crippen LogP contribution in [0.25, 0.3) is 0 Å². The summed E-state index contributed by atoms with van der Waals surface area (Å²) in [4.78, 5) is -0.150. The van der Waals surface area contributed by atoms with Crippen LogP contribution in [0.5, 0.6) is 5.75 Å². The first-order valence-electron chi connectivity index (χ1n) is 4.20. The average molecular weight is 251 g/mol. The Balaban J connectivity index is 3.38. The lowest BCUT2D eigenvalue weighted by atomic mass is 10.1. The van der Waals surface area contributed by atoms with Crippen molar-refractivity contribution in [1.82, 2.24) is 0 Å². The molecule has 0 unspecified atom stereocenters. The summed E-state index contributed by atoms with van der Waals surface area (Å²) in [5.41, 5.74) is 0.400. The first-order chi connectivity index (χ1) is 7.00. The quantitative estimate of drug-likeness (QED) is 0.653. The molecule has 1 aromatic rings. The standard InChI is InChI=1S/C9H11ClO4S/c1-14-8-3-2-4-9(15(11,12)13)7(8)5-6-10/h2-4H,5-6H2,1H3,(H,11,12,13). The van der Waals surface area contributed by atoms with Crippen LogP contribution in [-0.4, -0.2) is 26.0 Å². The van der Waals surface area contributed by atoms with Crippen molar-refractivity contribution in [3.63, 3.8) is 0 Å². The van der Waals surface area contributed by atoms with Gasteiger partial charge in [0.25, 0.3) is 10.1 Å². The van der Waals surface area contributed by atoms with Crippen LogP contribution in [0.1, 0.15) is 5.56 Å². The van der Waals surface area contributed by atoms with Crippen molar-refractivity contribution >= 4 is 21.7 Å². The zero-order valence-corrected chi connectivity index (χ0v) is 9.68. The van der Waals surface area contributed by atoms with Crippen molar-refractivity contribution in [2.24, 2.45) is 0 Å². The van der Waals surface area contributed by atoms with E-state index in [0.29, 0.717) is 17.7 Å². The molecule has 0 saturated carbocycles. The normalized spacial score (nSPS) is 11.4. The Bertz CT molecular complexity index is 441. The van der Waals surface area contributed by atoms with E-state index in [4.69, 9.17) is 20.9 Å². The third-order valence-corrected chi connectivity index (χ3v) is 3.06. The number of alkyl halides is 1. The molecule has 0 aliphatic rings. The van der Waals surface area contributed by atoms with E-state index in [9.17, 15) is 8.42 Å². The molecule has 1 aromatic carbocycles. The van der Waals surface area contributed by atoms with Crippen molar-refractivity contribution in [2.75, 3.05) is 13.0 Å². The fraction of sp³-hybridized carbons (Fsp3) is 0.333. The molecule has 0 fully saturated rings. The van der Waals surface area contributed by atoms with Gasteiger partial charge in [-0.1, -0.05) is 6.07 Å². The third-order valence-electron chi connectivity index (χ3n) is 1.93. The molecule has 1 N–H and O–H groups in total. The lowest BCUT2D eigenvalue weighted by Gasteiger charge is -2.10. The van der Waals surface area contributed by atoms with Gasteiger partial charge >= 0.3 is 0 Å². The predicted octanol–water partition coefficient (Wildman–Crippen LogP) is 1.72. The van der Waals surface area contributed by atoms with Gasteiger partial charge in [0.1, 0.15) is 10.6 Å². The van der Waals surface area contributed by atoms with Gasteiger partial charge < -0.3 is 4.74 Å². The molecule has 0 aliphatic carbocycles. The first-order valence-corrected chi connectivity index (χ1v) is 6.17. The molecule has 0 radical (unpaired) electrons. The Morgan fingerprint density at radius 3 is 2.60 bits per heavy atom. The molecule has 0 atom stereocenters. The highest BCUT2D eigenvalue weighted by Crippen LogP contribution is 2.26. The highest BCUT2D eigenvalue weighted by Gasteiger charge is 2.18. The maximum absolute atomic E-state index is 11.1. The van der Waals surface area contributed by atoms with E-state index in [1.54, 1.807) is 6.07 Å². The second-order valence-electron chi connectivity index (χ2n) is 2.85. The minimum absolute atomic E-state index is 0.150. The van der Waals surface area contributed by atoms with Crippen LogP contribution < -0.4 is 4.74 Å². The van der Waals surface area contributed by atoms with E-state index in [1.807, 2.05) is 0 Å². The van der Waals surface area contributed by atoms with E-state index in [-0.39, 0.29) is 10.8 Å². The van der Waals surface area contributed by atoms with Crippen molar-refractivity contribution in [3.05, 3.63) is 23.8 Å². The van der Waals surface area contributed by atoms with Crippen LogP contribution in [-0.2, 0) is 16.5 Å². The van der Waals surface area contributed by atoms with Crippen molar-refractivity contribution in [1.29, 1.82) is 0 Å². The number of rotatable bonds is 4. The molecular weight excluding hydrogens is 240 g/mol. The molecule has 0 saturated heterocycles. The highest BCUT2D eigenvalue weighted by molar-refractivity contribution is 7.85. The van der Waals surface area contributed by atoms with Crippen LogP contribution in [0.15, 0.2) is 23.1 Å².